The van der Waals surface area contributed by atoms with E-state index in [0.717, 1.165) is 0 Å². The molecule has 17 heavy (non-hydrogen) atoms. The van der Waals surface area contributed by atoms with Crippen molar-refractivity contribution in [1.29, 1.82) is 0 Å². The fraction of sp³-hybridized carbons (Fsp3) is 0.455. The van der Waals surface area contributed by atoms with Gasteiger partial charge in [-0.1, -0.05) is 0 Å². The second-order valence-electron chi connectivity index (χ2n) is 4.03. The van der Waals surface area contributed by atoms with Gasteiger partial charge in [0.25, 0.3) is 5.91 Å². The Labute approximate surface area is 107 Å². The third-order valence-corrected chi connectivity index (χ3v) is 2.92. The Kier molecular flexibility index (Phi) is 3.83. The van der Waals surface area contributed by atoms with Crippen LogP contribution in [0.5, 0.6) is 0 Å². The van der Waals surface area contributed by atoms with Gasteiger partial charge in [-0.15, -0.1) is 0 Å². The first-order chi connectivity index (χ1) is 8.15. The number of rotatable bonds is 5. The molecular weight excluding hydrogens is 288 g/mol. The van der Waals surface area contributed by atoms with Gasteiger partial charge in [-0.25, -0.2) is 0 Å². The molecule has 1 saturated carbocycles. The normalized spacial score (nSPS) is 14.4. The van der Waals surface area contributed by atoms with Crippen LogP contribution in [0.2, 0.25) is 0 Å². The summed E-state index contributed by atoms with van der Waals surface area (Å²) in [4.78, 5) is 22.9. The number of amides is 2. The largest absolute Gasteiger partial charge is 0.444 e. The van der Waals surface area contributed by atoms with Crippen molar-refractivity contribution < 1.29 is 14.0 Å². The van der Waals surface area contributed by atoms with Crippen LogP contribution in [0.15, 0.2) is 21.2 Å². The van der Waals surface area contributed by atoms with Gasteiger partial charge < -0.3 is 15.1 Å². The van der Waals surface area contributed by atoms with E-state index < -0.39 is 5.91 Å². The molecule has 1 fully saturated rings. The van der Waals surface area contributed by atoms with Gasteiger partial charge in [0.1, 0.15) is 0 Å². The minimum atomic E-state index is -0.391. The molecule has 2 N–H and O–H groups in total. The van der Waals surface area contributed by atoms with Gasteiger partial charge >= 0.3 is 0 Å². The van der Waals surface area contributed by atoms with E-state index in [1.54, 1.807) is 12.1 Å². The van der Waals surface area contributed by atoms with E-state index in [2.05, 4.69) is 26.6 Å². The summed E-state index contributed by atoms with van der Waals surface area (Å²) in [5.74, 6) is 0.260. The van der Waals surface area contributed by atoms with Gasteiger partial charge in [0.05, 0.1) is 6.54 Å². The van der Waals surface area contributed by atoms with E-state index in [-0.39, 0.29) is 18.2 Å². The highest BCUT2D eigenvalue weighted by Crippen LogP contribution is 2.27. The summed E-state index contributed by atoms with van der Waals surface area (Å²) in [6.07, 6.45) is 2.38. The van der Waals surface area contributed by atoms with E-state index in [0.29, 0.717) is 17.1 Å². The summed E-state index contributed by atoms with van der Waals surface area (Å²) in [6, 6.07) is 3.17. The molecule has 0 bridgehead atoms. The highest BCUT2D eigenvalue weighted by atomic mass is 79.9. The number of nitrogens with one attached hydrogen (secondary N) is 2. The Morgan fingerprint density at radius 3 is 2.71 bits per heavy atom. The van der Waals surface area contributed by atoms with E-state index in [9.17, 15) is 9.59 Å². The molecule has 1 aromatic rings. The maximum atomic E-state index is 11.5. The van der Waals surface area contributed by atoms with Crippen LogP contribution in [0.4, 0.5) is 0 Å². The van der Waals surface area contributed by atoms with E-state index in [1.165, 1.54) is 12.8 Å². The molecule has 5 nitrogen and oxygen atoms in total. The summed E-state index contributed by atoms with van der Waals surface area (Å²) in [5.41, 5.74) is 0. The van der Waals surface area contributed by atoms with Crippen LogP contribution in [-0.4, -0.2) is 24.9 Å². The van der Waals surface area contributed by atoms with E-state index in [4.69, 9.17) is 4.42 Å². The van der Waals surface area contributed by atoms with Crippen LogP contribution in [0.3, 0.4) is 0 Å². The third kappa shape index (κ3) is 3.89. The lowest BCUT2D eigenvalue weighted by Gasteiger charge is -2.04. The SMILES string of the molecule is O=C(CNC(=O)c1ccc(Br)o1)NCC1CC1. The van der Waals surface area contributed by atoms with Crippen molar-refractivity contribution in [3.8, 4) is 0 Å². The predicted molar refractivity (Wildman–Crippen MR) is 64.5 cm³/mol. The summed E-state index contributed by atoms with van der Waals surface area (Å²) < 4.78 is 5.55. The van der Waals surface area contributed by atoms with Crippen molar-refractivity contribution in [3.63, 3.8) is 0 Å². The number of halogens is 1. The lowest BCUT2D eigenvalue weighted by Crippen LogP contribution is -2.37. The topological polar surface area (TPSA) is 71.3 Å². The average molecular weight is 301 g/mol. The number of furan rings is 1. The number of hydrogen-bond acceptors (Lipinski definition) is 3. The van der Waals surface area contributed by atoms with Gasteiger partial charge in [0.15, 0.2) is 10.4 Å². The molecule has 1 aromatic heterocycles. The monoisotopic (exact) mass is 300 g/mol. The molecule has 6 heteroatoms. The fourth-order valence-electron chi connectivity index (χ4n) is 1.33. The van der Waals surface area contributed by atoms with Crippen molar-refractivity contribution in [2.45, 2.75) is 12.8 Å². The molecule has 0 saturated heterocycles. The van der Waals surface area contributed by atoms with Crippen molar-refractivity contribution >= 4 is 27.7 Å². The molecule has 0 radical (unpaired) electrons. The standard InChI is InChI=1S/C11H13BrN2O3/c12-9-4-3-8(17-9)11(16)14-6-10(15)13-5-7-1-2-7/h3-4,7H,1-2,5-6H2,(H,13,15)(H,14,16). The molecule has 2 amide bonds. The summed E-state index contributed by atoms with van der Waals surface area (Å²) in [7, 11) is 0. The molecule has 0 spiro atoms. The van der Waals surface area contributed by atoms with Crippen LogP contribution < -0.4 is 10.6 Å². The van der Waals surface area contributed by atoms with Gasteiger partial charge in [0, 0.05) is 6.54 Å². The van der Waals surface area contributed by atoms with Gasteiger partial charge in [-0.2, -0.15) is 0 Å². The van der Waals surface area contributed by atoms with Crippen molar-refractivity contribution in [1.82, 2.24) is 10.6 Å². The summed E-state index contributed by atoms with van der Waals surface area (Å²) in [6.45, 7) is 0.685. The van der Waals surface area contributed by atoms with Gasteiger partial charge in [-0.05, 0) is 46.8 Å². The quantitative estimate of drug-likeness (QED) is 0.861. The molecular formula is C11H13BrN2O3. The Morgan fingerprint density at radius 2 is 2.12 bits per heavy atom. The smallest absolute Gasteiger partial charge is 0.287 e. The summed E-state index contributed by atoms with van der Waals surface area (Å²) >= 11 is 3.10. The first-order valence-corrected chi connectivity index (χ1v) is 6.24. The predicted octanol–water partition coefficient (Wildman–Crippen LogP) is 1.30. The minimum absolute atomic E-state index is 0.0239. The Morgan fingerprint density at radius 1 is 1.35 bits per heavy atom. The van der Waals surface area contributed by atoms with E-state index in [1.807, 2.05) is 0 Å². The highest BCUT2D eigenvalue weighted by Gasteiger charge is 2.21. The molecule has 1 aliphatic carbocycles. The first kappa shape index (κ1) is 12.2. The number of hydrogen-bond donors (Lipinski definition) is 2. The highest BCUT2D eigenvalue weighted by molar-refractivity contribution is 9.10. The molecule has 1 heterocycles. The Hall–Kier alpha value is -1.30. The van der Waals surface area contributed by atoms with Crippen molar-refractivity contribution in [2.24, 2.45) is 5.92 Å². The van der Waals surface area contributed by atoms with E-state index >= 15 is 0 Å². The van der Waals surface area contributed by atoms with Crippen LogP contribution in [-0.2, 0) is 4.79 Å². The van der Waals surface area contributed by atoms with Gasteiger partial charge in [0.2, 0.25) is 5.91 Å². The van der Waals surface area contributed by atoms with Gasteiger partial charge in [-0.3, -0.25) is 9.59 Å². The molecule has 0 unspecified atom stereocenters. The van der Waals surface area contributed by atoms with Crippen LogP contribution in [0, 0.1) is 5.92 Å². The molecule has 92 valence electrons. The fourth-order valence-corrected chi connectivity index (χ4v) is 1.63. The number of carbonyl (C=O) groups is 2. The third-order valence-electron chi connectivity index (χ3n) is 2.49. The Balaban J connectivity index is 1.69. The zero-order valence-electron chi connectivity index (χ0n) is 9.16. The Bertz CT molecular complexity index is 426. The van der Waals surface area contributed by atoms with Crippen LogP contribution in [0.1, 0.15) is 23.4 Å². The molecule has 0 atom stereocenters. The van der Waals surface area contributed by atoms with Crippen LogP contribution in [0.25, 0.3) is 0 Å². The van der Waals surface area contributed by atoms with Crippen LogP contribution >= 0.6 is 15.9 Å². The lowest BCUT2D eigenvalue weighted by molar-refractivity contribution is -0.120. The maximum absolute atomic E-state index is 11.5. The summed E-state index contributed by atoms with van der Waals surface area (Å²) in [5, 5.41) is 5.25. The minimum Gasteiger partial charge on any atom is -0.444 e. The molecule has 0 aliphatic heterocycles. The molecule has 1 aliphatic rings. The van der Waals surface area contributed by atoms with Crippen molar-refractivity contribution in [2.75, 3.05) is 13.1 Å². The molecule has 0 aromatic carbocycles. The second-order valence-corrected chi connectivity index (χ2v) is 4.82. The van der Waals surface area contributed by atoms with Crippen molar-refractivity contribution in [3.05, 3.63) is 22.6 Å². The zero-order chi connectivity index (χ0) is 12.3. The maximum Gasteiger partial charge on any atom is 0.287 e. The number of carbonyl (C=O) groups excluding carboxylic acids is 2. The first-order valence-electron chi connectivity index (χ1n) is 5.45. The lowest BCUT2D eigenvalue weighted by atomic mass is 10.4. The molecule has 2 rings (SSSR count). The average Bonchev–Trinajstić information content (AvgIpc) is 3.04. The zero-order valence-corrected chi connectivity index (χ0v) is 10.7. The second kappa shape index (κ2) is 5.35.